The van der Waals surface area contributed by atoms with Gasteiger partial charge in [0.2, 0.25) is 0 Å². The second-order valence-electron chi connectivity index (χ2n) is 6.66. The number of amides is 1. The first kappa shape index (κ1) is 18.4. The fourth-order valence-electron chi connectivity index (χ4n) is 3.32. The molecule has 1 aliphatic rings. The highest BCUT2D eigenvalue weighted by Crippen LogP contribution is 2.26. The van der Waals surface area contributed by atoms with Crippen molar-refractivity contribution in [2.45, 2.75) is 12.8 Å². The van der Waals surface area contributed by atoms with Gasteiger partial charge in [-0.2, -0.15) is 10.4 Å². The molecule has 136 valence electrons. The van der Waals surface area contributed by atoms with Gasteiger partial charge in [0.15, 0.2) is 0 Å². The third-order valence-corrected chi connectivity index (χ3v) is 5.13. The minimum atomic E-state index is 0.00173. The van der Waals surface area contributed by atoms with Crippen molar-refractivity contribution in [1.29, 1.82) is 5.26 Å². The number of piperidine rings is 1. The van der Waals surface area contributed by atoms with Gasteiger partial charge < -0.3 is 9.80 Å². The molecule has 26 heavy (non-hydrogen) atoms. The van der Waals surface area contributed by atoms with Gasteiger partial charge in [0.25, 0.3) is 5.91 Å². The number of anilines is 1. The van der Waals surface area contributed by atoms with Crippen LogP contribution in [0, 0.1) is 17.2 Å². The van der Waals surface area contributed by atoms with E-state index in [1.54, 1.807) is 41.3 Å². The highest BCUT2D eigenvalue weighted by Gasteiger charge is 2.25. The molecule has 0 aliphatic carbocycles. The third-order valence-electron chi connectivity index (χ3n) is 4.70. The summed E-state index contributed by atoms with van der Waals surface area (Å²) in [6.45, 7) is 2.40. The number of pyridine rings is 1. The molecular formula is C18H21BrN6O. The summed E-state index contributed by atoms with van der Waals surface area (Å²) in [4.78, 5) is 20.8. The van der Waals surface area contributed by atoms with E-state index in [1.165, 1.54) is 0 Å². The Morgan fingerprint density at radius 3 is 2.77 bits per heavy atom. The van der Waals surface area contributed by atoms with Gasteiger partial charge in [0, 0.05) is 50.6 Å². The molecule has 0 radical (unpaired) electrons. The maximum Gasteiger partial charge on any atom is 0.256 e. The summed E-state index contributed by atoms with van der Waals surface area (Å²) < 4.78 is 2.45. The molecule has 8 heteroatoms. The van der Waals surface area contributed by atoms with E-state index in [0.717, 1.165) is 42.8 Å². The van der Waals surface area contributed by atoms with Crippen LogP contribution in [0.15, 0.2) is 29.1 Å². The van der Waals surface area contributed by atoms with Crippen LogP contribution in [0.3, 0.4) is 0 Å². The number of hydrogen-bond acceptors (Lipinski definition) is 5. The maximum absolute atomic E-state index is 12.4. The van der Waals surface area contributed by atoms with Crippen LogP contribution in [0.4, 0.5) is 5.82 Å². The maximum atomic E-state index is 12.4. The zero-order valence-electron chi connectivity index (χ0n) is 14.9. The van der Waals surface area contributed by atoms with Crippen LogP contribution < -0.4 is 4.90 Å². The second kappa shape index (κ2) is 7.87. The zero-order chi connectivity index (χ0) is 18.7. The summed E-state index contributed by atoms with van der Waals surface area (Å²) in [5, 5.41) is 13.4. The summed E-state index contributed by atoms with van der Waals surface area (Å²) in [6.07, 6.45) is 7.00. The van der Waals surface area contributed by atoms with Gasteiger partial charge in [-0.3, -0.25) is 9.48 Å². The quantitative estimate of drug-likeness (QED) is 0.764. The van der Waals surface area contributed by atoms with Crippen molar-refractivity contribution in [3.8, 4) is 6.07 Å². The van der Waals surface area contributed by atoms with Gasteiger partial charge in [-0.05, 0) is 40.8 Å². The minimum Gasteiger partial charge on any atom is -0.356 e. The number of rotatable bonds is 4. The van der Waals surface area contributed by atoms with Gasteiger partial charge in [-0.25, -0.2) is 4.98 Å². The van der Waals surface area contributed by atoms with Crippen LogP contribution in [0.5, 0.6) is 0 Å². The Balaban J connectivity index is 1.57. The third kappa shape index (κ3) is 4.05. The van der Waals surface area contributed by atoms with E-state index in [-0.39, 0.29) is 5.91 Å². The average Bonchev–Trinajstić information content (AvgIpc) is 3.08. The number of carbonyl (C=O) groups excluding carboxylic acids is 1. The molecule has 2 aromatic heterocycles. The molecule has 1 saturated heterocycles. The smallest absolute Gasteiger partial charge is 0.256 e. The van der Waals surface area contributed by atoms with Crippen LogP contribution in [-0.4, -0.2) is 52.3 Å². The molecule has 3 rings (SSSR count). The van der Waals surface area contributed by atoms with Crippen LogP contribution >= 0.6 is 15.9 Å². The molecule has 0 bridgehead atoms. The predicted octanol–water partition coefficient (Wildman–Crippen LogP) is 2.44. The Bertz CT molecular complexity index is 834. The molecule has 2 aromatic rings. The van der Waals surface area contributed by atoms with Crippen molar-refractivity contribution in [3.63, 3.8) is 0 Å². The minimum absolute atomic E-state index is 0.00173. The molecule has 1 fully saturated rings. The Hall–Kier alpha value is -2.40. The Morgan fingerprint density at radius 1 is 1.42 bits per heavy atom. The van der Waals surface area contributed by atoms with Gasteiger partial charge >= 0.3 is 0 Å². The summed E-state index contributed by atoms with van der Waals surface area (Å²) in [5.74, 6) is 1.19. The Labute approximate surface area is 161 Å². The number of nitrogens with zero attached hydrogens (tertiary/aromatic N) is 6. The Kier molecular flexibility index (Phi) is 5.57. The summed E-state index contributed by atoms with van der Waals surface area (Å²) in [7, 11) is 3.64. The number of aromatic nitrogens is 3. The first-order chi connectivity index (χ1) is 12.5. The predicted molar refractivity (Wildman–Crippen MR) is 102 cm³/mol. The van der Waals surface area contributed by atoms with Crippen LogP contribution in [0.1, 0.15) is 28.8 Å². The molecule has 3 heterocycles. The fraction of sp³-hybridized carbons (Fsp3) is 0.444. The van der Waals surface area contributed by atoms with E-state index in [1.807, 2.05) is 7.05 Å². The molecule has 1 amide bonds. The summed E-state index contributed by atoms with van der Waals surface area (Å²) in [5.41, 5.74) is 1.20. The topological polar surface area (TPSA) is 78.1 Å². The molecule has 0 N–H and O–H groups in total. The van der Waals surface area contributed by atoms with Crippen LogP contribution in [0.25, 0.3) is 0 Å². The fourth-order valence-corrected chi connectivity index (χ4v) is 3.65. The van der Waals surface area contributed by atoms with Gasteiger partial charge in [0.05, 0.1) is 17.3 Å². The molecule has 0 atom stereocenters. The van der Waals surface area contributed by atoms with Gasteiger partial charge in [-0.1, -0.05) is 0 Å². The average molecular weight is 417 g/mol. The lowest BCUT2D eigenvalue weighted by Crippen LogP contribution is -2.40. The lowest BCUT2D eigenvalue weighted by molar-refractivity contribution is 0.0765. The first-order valence-corrected chi connectivity index (χ1v) is 9.32. The number of halogens is 1. The van der Waals surface area contributed by atoms with Crippen molar-refractivity contribution >= 4 is 27.7 Å². The van der Waals surface area contributed by atoms with Crippen molar-refractivity contribution in [3.05, 3.63) is 40.3 Å². The molecule has 0 saturated carbocycles. The molecule has 7 nitrogen and oxygen atoms in total. The SMILES string of the molecule is CN(CC1CCN(c2ncc(Br)cc2C#N)CC1)C(=O)c1cnn(C)c1. The van der Waals surface area contributed by atoms with Crippen molar-refractivity contribution in [2.75, 3.05) is 31.6 Å². The van der Waals surface area contributed by atoms with E-state index < -0.39 is 0 Å². The zero-order valence-corrected chi connectivity index (χ0v) is 16.5. The molecule has 0 spiro atoms. The largest absolute Gasteiger partial charge is 0.356 e. The van der Waals surface area contributed by atoms with E-state index in [0.29, 0.717) is 17.0 Å². The lowest BCUT2D eigenvalue weighted by Gasteiger charge is -2.34. The first-order valence-electron chi connectivity index (χ1n) is 8.52. The van der Waals surface area contributed by atoms with Crippen LogP contribution in [0.2, 0.25) is 0 Å². The monoisotopic (exact) mass is 416 g/mol. The number of hydrogen-bond donors (Lipinski definition) is 0. The van der Waals surface area contributed by atoms with E-state index >= 15 is 0 Å². The number of aryl methyl sites for hydroxylation is 1. The van der Waals surface area contributed by atoms with Crippen molar-refractivity contribution < 1.29 is 4.79 Å². The highest BCUT2D eigenvalue weighted by atomic mass is 79.9. The van der Waals surface area contributed by atoms with E-state index in [4.69, 9.17) is 0 Å². The lowest BCUT2D eigenvalue weighted by atomic mass is 9.96. The van der Waals surface area contributed by atoms with Gasteiger partial charge in [0.1, 0.15) is 11.9 Å². The molecule has 0 aromatic carbocycles. The summed E-state index contributed by atoms with van der Waals surface area (Å²) in [6, 6.07) is 4.02. The Morgan fingerprint density at radius 2 is 2.15 bits per heavy atom. The normalized spacial score (nSPS) is 14.9. The van der Waals surface area contributed by atoms with Crippen LogP contribution in [-0.2, 0) is 7.05 Å². The molecule has 1 aliphatic heterocycles. The standard InChI is InChI=1S/C18H21BrN6O/c1-23(18(26)15-9-22-24(2)12-15)11-13-3-5-25(6-4-13)17-14(8-20)7-16(19)10-21-17/h7,9-10,12-13H,3-6,11H2,1-2H3. The molecular weight excluding hydrogens is 396 g/mol. The van der Waals surface area contributed by atoms with Crippen molar-refractivity contribution in [2.24, 2.45) is 13.0 Å². The van der Waals surface area contributed by atoms with E-state index in [9.17, 15) is 10.1 Å². The van der Waals surface area contributed by atoms with Gasteiger partial charge in [-0.15, -0.1) is 0 Å². The number of nitriles is 1. The summed E-state index contributed by atoms with van der Waals surface area (Å²) >= 11 is 3.36. The van der Waals surface area contributed by atoms with E-state index in [2.05, 4.69) is 37.0 Å². The highest BCUT2D eigenvalue weighted by molar-refractivity contribution is 9.10. The molecule has 0 unspecified atom stereocenters. The van der Waals surface area contributed by atoms with Crippen molar-refractivity contribution in [1.82, 2.24) is 19.7 Å². The number of carbonyl (C=O) groups is 1. The second-order valence-corrected chi connectivity index (χ2v) is 7.57.